The van der Waals surface area contributed by atoms with Crippen molar-refractivity contribution in [1.82, 2.24) is 19.5 Å². The van der Waals surface area contributed by atoms with Gasteiger partial charge < -0.3 is 30.7 Å². The summed E-state index contributed by atoms with van der Waals surface area (Å²) in [5, 5.41) is 37.1. The first-order chi connectivity index (χ1) is 14.1. The van der Waals surface area contributed by atoms with E-state index in [0.717, 1.165) is 45.1 Å². The fourth-order valence-electron chi connectivity index (χ4n) is 4.11. The molecule has 1 aliphatic heterocycles. The molecule has 1 aliphatic carbocycles. The van der Waals surface area contributed by atoms with Crippen LogP contribution in [0.25, 0.3) is 11.2 Å². The maximum absolute atomic E-state index is 10.6. The van der Waals surface area contributed by atoms with Crippen LogP contribution in [-0.2, 0) is 4.74 Å². The smallest absolute Gasteiger partial charge is 0.207 e. The van der Waals surface area contributed by atoms with Crippen LogP contribution >= 0.6 is 0 Å². The van der Waals surface area contributed by atoms with E-state index in [0.29, 0.717) is 22.9 Å². The Bertz CT molecular complexity index is 824. The van der Waals surface area contributed by atoms with E-state index in [1.165, 1.54) is 6.33 Å². The van der Waals surface area contributed by atoms with Crippen molar-refractivity contribution < 1.29 is 20.1 Å². The quantitative estimate of drug-likeness (QED) is 0.407. The van der Waals surface area contributed by atoms with Crippen molar-refractivity contribution in [2.45, 2.75) is 76.0 Å². The lowest BCUT2D eigenvalue weighted by Gasteiger charge is -2.21. The summed E-state index contributed by atoms with van der Waals surface area (Å²) in [5.41, 5.74) is 1.09. The van der Waals surface area contributed by atoms with Gasteiger partial charge in [-0.15, -0.1) is 0 Å². The number of unbranched alkanes of at least 4 members (excludes halogenated alkanes) is 1. The van der Waals surface area contributed by atoms with Crippen LogP contribution in [0, 0.1) is 0 Å². The van der Waals surface area contributed by atoms with Crippen LogP contribution in [0.2, 0.25) is 0 Å². The minimum absolute atomic E-state index is 0.284. The first-order valence-corrected chi connectivity index (χ1v) is 10.5. The zero-order valence-corrected chi connectivity index (χ0v) is 16.7. The van der Waals surface area contributed by atoms with Gasteiger partial charge in [-0.05, 0) is 19.3 Å². The number of hydrogen-bond donors (Lipinski definition) is 5. The Morgan fingerprint density at radius 2 is 2.00 bits per heavy atom. The summed E-state index contributed by atoms with van der Waals surface area (Å²) in [6.07, 6.45) is 3.77. The second-order valence-corrected chi connectivity index (χ2v) is 7.83. The highest BCUT2D eigenvalue weighted by Crippen LogP contribution is 2.36. The number of imidazole rings is 1. The molecule has 10 nitrogen and oxygen atoms in total. The molecule has 3 heterocycles. The van der Waals surface area contributed by atoms with E-state index in [9.17, 15) is 15.3 Å². The molecule has 4 atom stereocenters. The molecular weight excluding hydrogens is 376 g/mol. The van der Waals surface area contributed by atoms with E-state index in [4.69, 9.17) is 9.72 Å². The summed E-state index contributed by atoms with van der Waals surface area (Å²) in [5.74, 6) is 1.16. The summed E-state index contributed by atoms with van der Waals surface area (Å²) in [7, 11) is 0. The predicted octanol–water partition coefficient (Wildman–Crippen LogP) is 1.00. The van der Waals surface area contributed by atoms with Crippen LogP contribution < -0.4 is 10.6 Å². The van der Waals surface area contributed by atoms with Crippen molar-refractivity contribution in [1.29, 1.82) is 0 Å². The number of hydrogen-bond acceptors (Lipinski definition) is 9. The van der Waals surface area contributed by atoms with E-state index in [1.807, 2.05) is 0 Å². The third-order valence-electron chi connectivity index (χ3n) is 5.76. The number of nitrogens with one attached hydrogen (secondary N) is 2. The second kappa shape index (κ2) is 8.78. The van der Waals surface area contributed by atoms with Crippen molar-refractivity contribution in [3.8, 4) is 0 Å². The Labute approximate surface area is 169 Å². The van der Waals surface area contributed by atoms with Gasteiger partial charge in [-0.25, -0.2) is 15.0 Å². The summed E-state index contributed by atoms with van der Waals surface area (Å²) in [6.45, 7) is 2.51. The van der Waals surface area contributed by atoms with Crippen LogP contribution in [0.1, 0.15) is 51.7 Å². The van der Waals surface area contributed by atoms with E-state index < -0.39 is 24.5 Å². The van der Waals surface area contributed by atoms with Crippen LogP contribution in [0.3, 0.4) is 0 Å². The van der Waals surface area contributed by atoms with Crippen LogP contribution in [-0.4, -0.2) is 72.3 Å². The number of aliphatic hydroxyl groups excluding tert-OH is 3. The molecule has 2 aromatic heterocycles. The molecule has 2 aliphatic rings. The van der Waals surface area contributed by atoms with Crippen molar-refractivity contribution in [3.05, 3.63) is 6.33 Å². The Kier molecular flexibility index (Phi) is 6.14. The number of ether oxygens (including phenoxy) is 1. The molecule has 10 heteroatoms. The first kappa shape index (κ1) is 20.3. The molecule has 1 saturated carbocycles. The molecule has 4 rings (SSSR count). The van der Waals surface area contributed by atoms with Gasteiger partial charge in [0.15, 0.2) is 23.2 Å². The Hall–Kier alpha value is -2.01. The SMILES string of the molecule is CCCCNc1ncnc2c1nc(NC1CCCC1)n2C1OC(CO)C(O)C1O. The van der Waals surface area contributed by atoms with E-state index in [1.54, 1.807) is 4.57 Å². The number of rotatable bonds is 8. The second-order valence-electron chi connectivity index (χ2n) is 7.83. The number of fused-ring (bicyclic) bond motifs is 1. The molecule has 2 fully saturated rings. The predicted molar refractivity (Wildman–Crippen MR) is 108 cm³/mol. The minimum atomic E-state index is -1.21. The van der Waals surface area contributed by atoms with Gasteiger partial charge >= 0.3 is 0 Å². The van der Waals surface area contributed by atoms with Crippen molar-refractivity contribution in [3.63, 3.8) is 0 Å². The Balaban J connectivity index is 1.74. The van der Waals surface area contributed by atoms with Crippen molar-refractivity contribution >= 4 is 22.9 Å². The molecule has 1 saturated heterocycles. The highest BCUT2D eigenvalue weighted by atomic mass is 16.6. The fourth-order valence-corrected chi connectivity index (χ4v) is 4.11. The van der Waals surface area contributed by atoms with Gasteiger partial charge in [0.05, 0.1) is 6.61 Å². The van der Waals surface area contributed by atoms with Crippen molar-refractivity contribution in [2.24, 2.45) is 0 Å². The summed E-state index contributed by atoms with van der Waals surface area (Å²) < 4.78 is 7.47. The van der Waals surface area contributed by atoms with E-state index in [2.05, 4.69) is 27.5 Å². The highest BCUT2D eigenvalue weighted by molar-refractivity contribution is 5.85. The maximum atomic E-state index is 10.6. The van der Waals surface area contributed by atoms with Gasteiger partial charge in [0.2, 0.25) is 5.95 Å². The van der Waals surface area contributed by atoms with Gasteiger partial charge in [-0.1, -0.05) is 26.2 Å². The van der Waals surface area contributed by atoms with Crippen LogP contribution in [0.4, 0.5) is 11.8 Å². The Morgan fingerprint density at radius 3 is 2.69 bits per heavy atom. The summed E-state index contributed by atoms with van der Waals surface area (Å²) in [4.78, 5) is 13.5. The molecule has 0 spiro atoms. The third-order valence-corrected chi connectivity index (χ3v) is 5.76. The lowest BCUT2D eigenvalue weighted by Crippen LogP contribution is -2.33. The largest absolute Gasteiger partial charge is 0.394 e. The summed E-state index contributed by atoms with van der Waals surface area (Å²) in [6, 6.07) is 0.284. The van der Waals surface area contributed by atoms with Gasteiger partial charge in [0.25, 0.3) is 0 Å². The van der Waals surface area contributed by atoms with Crippen LogP contribution in [0.15, 0.2) is 6.33 Å². The molecule has 0 aromatic carbocycles. The normalized spacial score (nSPS) is 27.7. The minimum Gasteiger partial charge on any atom is -0.394 e. The monoisotopic (exact) mass is 406 g/mol. The first-order valence-electron chi connectivity index (χ1n) is 10.5. The lowest BCUT2D eigenvalue weighted by atomic mass is 10.1. The zero-order valence-electron chi connectivity index (χ0n) is 16.7. The van der Waals surface area contributed by atoms with Gasteiger partial charge in [-0.2, -0.15) is 0 Å². The molecule has 2 aromatic rings. The van der Waals surface area contributed by atoms with Gasteiger partial charge in [0, 0.05) is 12.6 Å². The topological polar surface area (TPSA) is 138 Å². The third kappa shape index (κ3) is 3.89. The molecule has 160 valence electrons. The lowest BCUT2D eigenvalue weighted by molar-refractivity contribution is -0.0501. The molecule has 5 N–H and O–H groups in total. The van der Waals surface area contributed by atoms with Crippen molar-refractivity contribution in [2.75, 3.05) is 23.8 Å². The maximum Gasteiger partial charge on any atom is 0.207 e. The molecule has 0 amide bonds. The van der Waals surface area contributed by atoms with Crippen LogP contribution in [0.5, 0.6) is 0 Å². The average Bonchev–Trinajstić information content (AvgIpc) is 3.42. The fraction of sp³-hybridized carbons (Fsp3) is 0.737. The number of aliphatic hydroxyl groups is 3. The average molecular weight is 406 g/mol. The molecule has 0 bridgehead atoms. The van der Waals surface area contributed by atoms with Gasteiger partial charge in [-0.3, -0.25) is 4.57 Å². The highest BCUT2D eigenvalue weighted by Gasteiger charge is 2.45. The number of nitrogens with zero attached hydrogens (tertiary/aromatic N) is 4. The number of aromatic nitrogens is 4. The van der Waals surface area contributed by atoms with Gasteiger partial charge in [0.1, 0.15) is 24.6 Å². The molecule has 29 heavy (non-hydrogen) atoms. The van der Waals surface area contributed by atoms with E-state index in [-0.39, 0.29) is 12.6 Å². The Morgan fingerprint density at radius 1 is 1.21 bits per heavy atom. The summed E-state index contributed by atoms with van der Waals surface area (Å²) >= 11 is 0. The number of anilines is 2. The van der Waals surface area contributed by atoms with E-state index >= 15 is 0 Å². The molecule has 4 unspecified atom stereocenters. The standard InChI is InChI=1S/C19H30N6O4/c1-2-3-8-20-16-13-17(22-10-21-16)25(18-15(28)14(27)12(9-26)29-18)19(24-13)23-11-6-4-5-7-11/h10-12,14-15,18,26-28H,2-9H2,1H3,(H,23,24)(H,20,21,22). The molecular formula is C19H30N6O4. The molecule has 0 radical (unpaired) electrons. The zero-order chi connectivity index (χ0) is 20.4.